The Labute approximate surface area is 197 Å². The molecule has 1 atom stereocenters. The maximum absolute atomic E-state index is 12.6. The third kappa shape index (κ3) is 5.09. The van der Waals surface area contributed by atoms with Crippen LogP contribution in [0.4, 0.5) is 24.7 Å². The van der Waals surface area contributed by atoms with Crippen LogP contribution in [0.25, 0.3) is 10.3 Å². The van der Waals surface area contributed by atoms with Crippen LogP contribution in [0, 0.1) is 24.2 Å². The number of fused-ring (bicyclic) bond motifs is 1. The molecule has 0 amide bonds. The SMILES string of the molecule is Cc1nc2c(NCC[C@@H]3CCCN(c4ccc(OC(F)(F)F)cn4)C3)c(C#N)c(=O)n(C)c2s1. The minimum Gasteiger partial charge on any atom is -0.404 e. The number of rotatable bonds is 6. The Morgan fingerprint density at radius 2 is 2.18 bits per heavy atom. The van der Waals surface area contributed by atoms with Crippen LogP contribution in [0.2, 0.25) is 0 Å². The molecule has 0 aliphatic carbocycles. The van der Waals surface area contributed by atoms with Gasteiger partial charge in [-0.25, -0.2) is 9.97 Å². The number of thiazole rings is 1. The van der Waals surface area contributed by atoms with E-state index in [0.29, 0.717) is 36.0 Å². The van der Waals surface area contributed by atoms with Gasteiger partial charge in [-0.05, 0) is 44.2 Å². The van der Waals surface area contributed by atoms with E-state index in [2.05, 4.69) is 20.0 Å². The molecule has 3 aromatic rings. The highest BCUT2D eigenvalue weighted by molar-refractivity contribution is 7.18. The van der Waals surface area contributed by atoms with E-state index < -0.39 is 6.36 Å². The van der Waals surface area contributed by atoms with Gasteiger partial charge in [-0.1, -0.05) is 0 Å². The average molecular weight is 493 g/mol. The van der Waals surface area contributed by atoms with Gasteiger partial charge in [0.1, 0.15) is 33.5 Å². The Balaban J connectivity index is 1.41. The van der Waals surface area contributed by atoms with Crippen LogP contribution in [-0.2, 0) is 7.05 Å². The quantitative estimate of drug-likeness (QED) is 0.551. The summed E-state index contributed by atoms with van der Waals surface area (Å²) in [5, 5.41) is 13.6. The van der Waals surface area contributed by atoms with Crippen molar-refractivity contribution in [1.82, 2.24) is 14.5 Å². The van der Waals surface area contributed by atoms with Gasteiger partial charge < -0.3 is 19.5 Å². The van der Waals surface area contributed by atoms with Gasteiger partial charge in [0.05, 0.1) is 16.9 Å². The third-order valence-corrected chi connectivity index (χ3v) is 6.84. The predicted octanol–water partition coefficient (Wildman–Crippen LogP) is 4.19. The Bertz CT molecular complexity index is 1280. The van der Waals surface area contributed by atoms with Gasteiger partial charge in [-0.2, -0.15) is 5.26 Å². The number of anilines is 2. The zero-order valence-electron chi connectivity index (χ0n) is 18.6. The van der Waals surface area contributed by atoms with Crippen LogP contribution >= 0.6 is 11.3 Å². The molecule has 1 aliphatic rings. The molecule has 180 valence electrons. The number of hydrogen-bond donors (Lipinski definition) is 1. The molecule has 0 aromatic carbocycles. The molecule has 0 bridgehead atoms. The number of aromatic nitrogens is 3. The molecule has 0 unspecified atom stereocenters. The van der Waals surface area contributed by atoms with E-state index in [9.17, 15) is 23.2 Å². The number of aryl methyl sites for hydroxylation is 2. The van der Waals surface area contributed by atoms with E-state index >= 15 is 0 Å². The second kappa shape index (κ2) is 9.50. The van der Waals surface area contributed by atoms with Crippen molar-refractivity contribution in [3.8, 4) is 11.8 Å². The van der Waals surface area contributed by atoms with Crippen molar-refractivity contribution in [3.63, 3.8) is 0 Å². The molecular formula is C22H23F3N6O2S. The Morgan fingerprint density at radius 3 is 2.85 bits per heavy atom. The number of nitriles is 1. The minimum absolute atomic E-state index is 0.0518. The van der Waals surface area contributed by atoms with Gasteiger partial charge in [0.2, 0.25) is 0 Å². The summed E-state index contributed by atoms with van der Waals surface area (Å²) in [5.41, 5.74) is 0.793. The van der Waals surface area contributed by atoms with Gasteiger partial charge in [0.25, 0.3) is 5.56 Å². The number of alkyl halides is 3. The van der Waals surface area contributed by atoms with Crippen LogP contribution in [0.3, 0.4) is 0 Å². The lowest BCUT2D eigenvalue weighted by Crippen LogP contribution is -2.36. The van der Waals surface area contributed by atoms with E-state index in [1.54, 1.807) is 7.05 Å². The smallest absolute Gasteiger partial charge is 0.404 e. The number of nitrogens with zero attached hydrogens (tertiary/aromatic N) is 5. The molecule has 1 fully saturated rings. The highest BCUT2D eigenvalue weighted by Gasteiger charge is 2.31. The summed E-state index contributed by atoms with van der Waals surface area (Å²) in [6.45, 7) is 3.89. The fraction of sp³-hybridized carbons (Fsp3) is 0.455. The topological polar surface area (TPSA) is 96.1 Å². The molecule has 0 saturated carbocycles. The fourth-order valence-electron chi connectivity index (χ4n) is 4.23. The summed E-state index contributed by atoms with van der Waals surface area (Å²) in [5.74, 6) is 0.573. The van der Waals surface area contributed by atoms with Crippen LogP contribution in [0.15, 0.2) is 23.1 Å². The molecule has 1 aliphatic heterocycles. The first kappa shape index (κ1) is 23.8. The number of halogens is 3. The average Bonchev–Trinajstić information content (AvgIpc) is 3.18. The molecule has 3 aromatic heterocycles. The molecule has 34 heavy (non-hydrogen) atoms. The molecule has 8 nitrogen and oxygen atoms in total. The number of ether oxygens (including phenoxy) is 1. The van der Waals surface area contributed by atoms with Crippen LogP contribution in [0.1, 0.15) is 29.8 Å². The van der Waals surface area contributed by atoms with Gasteiger partial charge in [-0.15, -0.1) is 24.5 Å². The first-order valence-corrected chi connectivity index (χ1v) is 11.6. The largest absolute Gasteiger partial charge is 0.573 e. The van der Waals surface area contributed by atoms with Crippen molar-refractivity contribution in [2.75, 3.05) is 29.9 Å². The van der Waals surface area contributed by atoms with Crippen LogP contribution in [-0.4, -0.2) is 40.5 Å². The van der Waals surface area contributed by atoms with E-state index in [0.717, 1.165) is 41.8 Å². The maximum atomic E-state index is 12.6. The summed E-state index contributed by atoms with van der Waals surface area (Å²) >= 11 is 1.41. The lowest BCUT2D eigenvalue weighted by atomic mass is 9.94. The first-order valence-electron chi connectivity index (χ1n) is 10.8. The van der Waals surface area contributed by atoms with Crippen molar-refractivity contribution in [3.05, 3.63) is 39.3 Å². The summed E-state index contributed by atoms with van der Waals surface area (Å²) in [4.78, 5) is 24.0. The molecule has 4 rings (SSSR count). The fourth-order valence-corrected chi connectivity index (χ4v) is 5.11. The molecule has 0 radical (unpaired) electrons. The summed E-state index contributed by atoms with van der Waals surface area (Å²) in [7, 11) is 1.64. The van der Waals surface area contributed by atoms with Crippen molar-refractivity contribution in [1.29, 1.82) is 5.26 Å². The van der Waals surface area contributed by atoms with Gasteiger partial charge in [0.15, 0.2) is 0 Å². The normalized spacial score (nSPS) is 16.5. The number of nitrogens with one attached hydrogen (secondary N) is 1. The monoisotopic (exact) mass is 492 g/mol. The second-order valence-corrected chi connectivity index (χ2v) is 9.36. The molecular weight excluding hydrogens is 469 g/mol. The van der Waals surface area contributed by atoms with Crippen molar-refractivity contribution in [2.45, 2.75) is 32.5 Å². The maximum Gasteiger partial charge on any atom is 0.573 e. The predicted molar refractivity (Wildman–Crippen MR) is 123 cm³/mol. The van der Waals surface area contributed by atoms with Crippen molar-refractivity contribution >= 4 is 33.2 Å². The lowest BCUT2D eigenvalue weighted by molar-refractivity contribution is -0.274. The Kier molecular flexibility index (Phi) is 6.65. The number of pyridine rings is 2. The minimum atomic E-state index is -4.75. The van der Waals surface area contributed by atoms with Gasteiger partial charge in [-0.3, -0.25) is 4.79 Å². The molecule has 4 heterocycles. The molecule has 1 N–H and O–H groups in total. The van der Waals surface area contributed by atoms with E-state index in [4.69, 9.17) is 0 Å². The summed E-state index contributed by atoms with van der Waals surface area (Å²) < 4.78 is 42.4. The first-order chi connectivity index (χ1) is 16.2. The zero-order chi connectivity index (χ0) is 24.5. The van der Waals surface area contributed by atoms with Gasteiger partial charge in [0, 0.05) is 26.7 Å². The number of hydrogen-bond acceptors (Lipinski definition) is 8. The van der Waals surface area contributed by atoms with E-state index in [1.807, 2.05) is 17.9 Å². The summed E-state index contributed by atoms with van der Waals surface area (Å²) in [6.07, 6.45) is -0.952. The zero-order valence-corrected chi connectivity index (χ0v) is 19.5. The van der Waals surface area contributed by atoms with Crippen molar-refractivity contribution < 1.29 is 17.9 Å². The van der Waals surface area contributed by atoms with E-state index in [1.165, 1.54) is 28.0 Å². The van der Waals surface area contributed by atoms with Gasteiger partial charge >= 0.3 is 6.36 Å². The van der Waals surface area contributed by atoms with Crippen molar-refractivity contribution in [2.24, 2.45) is 13.0 Å². The molecule has 0 spiro atoms. The highest BCUT2D eigenvalue weighted by Crippen LogP contribution is 2.30. The molecule has 12 heteroatoms. The summed E-state index contributed by atoms with van der Waals surface area (Å²) in [6, 6.07) is 4.81. The Morgan fingerprint density at radius 1 is 1.38 bits per heavy atom. The third-order valence-electron chi connectivity index (χ3n) is 5.79. The highest BCUT2D eigenvalue weighted by atomic mass is 32.1. The standard InChI is InChI=1S/C22H23F3N6O2S/c1-13-29-19-18(16(10-26)20(32)30(2)21(19)34-13)27-8-7-14-4-3-9-31(12-14)17-6-5-15(11-28-17)33-22(23,24)25/h5-6,11,14,27H,3-4,7-9,12H2,1-2H3/t14-/m0/s1. The lowest BCUT2D eigenvalue weighted by Gasteiger charge is -2.33. The molecule has 1 saturated heterocycles. The Hall–Kier alpha value is -3.33. The van der Waals surface area contributed by atoms with Crippen LogP contribution < -0.4 is 20.5 Å². The van der Waals surface area contributed by atoms with E-state index in [-0.39, 0.29) is 16.9 Å². The number of piperidine rings is 1. The second-order valence-electron chi connectivity index (χ2n) is 8.18. The van der Waals surface area contributed by atoms with Crippen LogP contribution in [0.5, 0.6) is 5.75 Å².